The van der Waals surface area contributed by atoms with E-state index in [2.05, 4.69) is 4.98 Å². The zero-order valence-corrected chi connectivity index (χ0v) is 20.9. The van der Waals surface area contributed by atoms with E-state index in [1.807, 2.05) is 73.7 Å². The fourth-order valence-corrected chi connectivity index (χ4v) is 4.02. The third-order valence-corrected chi connectivity index (χ3v) is 6.00. The predicted octanol–water partition coefficient (Wildman–Crippen LogP) is 7.53. The number of hydrogen-bond donors (Lipinski definition) is 0. The molecule has 5 aromatic rings. The van der Waals surface area contributed by atoms with Crippen molar-refractivity contribution >= 4 is 23.3 Å². The maximum absolute atomic E-state index is 14.1. The molecule has 2 aromatic heterocycles. The summed E-state index contributed by atoms with van der Waals surface area (Å²) >= 11 is 0. The van der Waals surface area contributed by atoms with Crippen molar-refractivity contribution in [1.82, 2.24) is 9.97 Å². The van der Waals surface area contributed by atoms with Crippen molar-refractivity contribution in [2.24, 2.45) is 0 Å². The molecule has 0 unspecified atom stereocenters. The van der Waals surface area contributed by atoms with Gasteiger partial charge in [0, 0.05) is 11.6 Å². The maximum atomic E-state index is 14.1. The Morgan fingerprint density at radius 2 is 1.47 bits per heavy atom. The molecule has 0 saturated heterocycles. The van der Waals surface area contributed by atoms with Crippen LogP contribution in [0, 0.1) is 11.6 Å². The van der Waals surface area contributed by atoms with Crippen molar-refractivity contribution in [3.05, 3.63) is 124 Å². The second-order valence-electron chi connectivity index (χ2n) is 8.69. The Morgan fingerprint density at radius 1 is 0.789 bits per heavy atom. The predicted molar refractivity (Wildman–Crippen MR) is 142 cm³/mol. The number of ether oxygens (including phenoxy) is 2. The SMILES string of the molecule is CCc1cc(/C=C/c2nc3c(F)ccc(F)c3o2)c(OCc2ccccc2)nc1COCc1ccccc1. The molecule has 0 aliphatic rings. The van der Waals surface area contributed by atoms with Crippen molar-refractivity contribution in [1.29, 1.82) is 0 Å². The maximum Gasteiger partial charge on any atom is 0.221 e. The first-order valence-corrected chi connectivity index (χ1v) is 12.3. The standard InChI is InChI=1S/C31H26F2N2O3/c1-2-23-17-24(13-16-28-35-29-25(32)14-15-26(33)30(29)38-28)31(37-19-22-11-7-4-8-12-22)34-27(23)20-36-18-21-9-5-3-6-10-21/h3-17H,2,18-20H2,1H3/b16-13+. The van der Waals surface area contributed by atoms with Gasteiger partial charge in [0.1, 0.15) is 12.1 Å². The van der Waals surface area contributed by atoms with E-state index in [0.717, 1.165) is 40.9 Å². The Labute approximate surface area is 219 Å². The molecule has 38 heavy (non-hydrogen) atoms. The number of benzene rings is 3. The molecule has 0 N–H and O–H groups in total. The van der Waals surface area contributed by atoms with Crippen LogP contribution in [0.4, 0.5) is 8.78 Å². The van der Waals surface area contributed by atoms with Gasteiger partial charge in [0.2, 0.25) is 11.8 Å². The first kappa shape index (κ1) is 25.3. The molecule has 0 atom stereocenters. The highest BCUT2D eigenvalue weighted by molar-refractivity contribution is 5.77. The van der Waals surface area contributed by atoms with E-state index in [1.165, 1.54) is 0 Å². The van der Waals surface area contributed by atoms with E-state index < -0.39 is 11.6 Å². The van der Waals surface area contributed by atoms with Gasteiger partial charge < -0.3 is 13.9 Å². The highest BCUT2D eigenvalue weighted by Crippen LogP contribution is 2.27. The lowest BCUT2D eigenvalue weighted by Crippen LogP contribution is -2.06. The number of rotatable bonds is 10. The van der Waals surface area contributed by atoms with E-state index in [1.54, 1.807) is 12.2 Å². The van der Waals surface area contributed by atoms with Gasteiger partial charge in [-0.1, -0.05) is 67.6 Å². The van der Waals surface area contributed by atoms with Crippen LogP contribution in [0.1, 0.15) is 40.8 Å². The summed E-state index contributed by atoms with van der Waals surface area (Å²) < 4.78 is 45.7. The molecule has 0 spiro atoms. The van der Waals surface area contributed by atoms with Gasteiger partial charge in [0.05, 0.1) is 18.9 Å². The minimum Gasteiger partial charge on any atom is -0.472 e. The third-order valence-electron chi connectivity index (χ3n) is 6.00. The van der Waals surface area contributed by atoms with Gasteiger partial charge in [-0.3, -0.25) is 0 Å². The Morgan fingerprint density at radius 3 is 2.16 bits per heavy atom. The number of halogens is 2. The molecule has 3 aromatic carbocycles. The summed E-state index contributed by atoms with van der Waals surface area (Å²) in [7, 11) is 0. The van der Waals surface area contributed by atoms with Gasteiger partial charge in [-0.25, -0.2) is 18.7 Å². The number of aryl methyl sites for hydroxylation is 1. The van der Waals surface area contributed by atoms with E-state index in [-0.39, 0.29) is 17.0 Å². The summed E-state index contributed by atoms with van der Waals surface area (Å²) in [6.07, 6.45) is 4.01. The van der Waals surface area contributed by atoms with Crippen molar-refractivity contribution in [2.45, 2.75) is 33.2 Å². The highest BCUT2D eigenvalue weighted by Gasteiger charge is 2.15. The van der Waals surface area contributed by atoms with Gasteiger partial charge in [-0.15, -0.1) is 0 Å². The fourth-order valence-electron chi connectivity index (χ4n) is 4.02. The zero-order valence-electron chi connectivity index (χ0n) is 20.9. The van der Waals surface area contributed by atoms with Crippen LogP contribution < -0.4 is 4.74 Å². The first-order valence-electron chi connectivity index (χ1n) is 12.3. The largest absolute Gasteiger partial charge is 0.472 e. The number of fused-ring (bicyclic) bond motifs is 1. The van der Waals surface area contributed by atoms with Crippen molar-refractivity contribution in [3.63, 3.8) is 0 Å². The Hall–Kier alpha value is -4.36. The smallest absolute Gasteiger partial charge is 0.221 e. The van der Waals surface area contributed by atoms with Crippen LogP contribution in [0.25, 0.3) is 23.3 Å². The van der Waals surface area contributed by atoms with E-state index in [0.29, 0.717) is 31.3 Å². The van der Waals surface area contributed by atoms with Crippen molar-refractivity contribution in [3.8, 4) is 5.88 Å². The minimum absolute atomic E-state index is 0.0753. The summed E-state index contributed by atoms with van der Waals surface area (Å²) in [6.45, 7) is 3.16. The van der Waals surface area contributed by atoms with Crippen LogP contribution in [-0.2, 0) is 31.0 Å². The van der Waals surface area contributed by atoms with Gasteiger partial charge >= 0.3 is 0 Å². The molecule has 2 heterocycles. The third kappa shape index (κ3) is 5.95. The summed E-state index contributed by atoms with van der Waals surface area (Å²) in [5.41, 5.74) is 4.18. The summed E-state index contributed by atoms with van der Waals surface area (Å²) in [5.74, 6) is -0.831. The van der Waals surface area contributed by atoms with Gasteiger partial charge in [0.25, 0.3) is 0 Å². The van der Waals surface area contributed by atoms with Gasteiger partial charge in [0.15, 0.2) is 17.2 Å². The normalized spacial score (nSPS) is 11.4. The quantitative estimate of drug-likeness (QED) is 0.194. The van der Waals surface area contributed by atoms with Crippen LogP contribution in [0.15, 0.2) is 83.3 Å². The van der Waals surface area contributed by atoms with Crippen LogP contribution in [0.5, 0.6) is 5.88 Å². The first-order chi connectivity index (χ1) is 18.6. The molecule has 0 fully saturated rings. The van der Waals surface area contributed by atoms with Crippen LogP contribution in [0.3, 0.4) is 0 Å². The van der Waals surface area contributed by atoms with Crippen LogP contribution in [-0.4, -0.2) is 9.97 Å². The topological polar surface area (TPSA) is 57.4 Å². The lowest BCUT2D eigenvalue weighted by atomic mass is 10.1. The molecule has 7 heteroatoms. The number of nitrogens with zero attached hydrogens (tertiary/aromatic N) is 2. The fraction of sp³-hybridized carbons (Fsp3) is 0.161. The monoisotopic (exact) mass is 512 g/mol. The van der Waals surface area contributed by atoms with E-state index in [4.69, 9.17) is 18.9 Å². The van der Waals surface area contributed by atoms with E-state index >= 15 is 0 Å². The molecule has 0 bridgehead atoms. The molecule has 5 nitrogen and oxygen atoms in total. The molecule has 192 valence electrons. The molecular formula is C31H26F2N2O3. The molecule has 0 saturated carbocycles. The van der Waals surface area contributed by atoms with Crippen LogP contribution in [0.2, 0.25) is 0 Å². The number of aromatic nitrogens is 2. The second kappa shape index (κ2) is 11.8. The molecule has 0 amide bonds. The minimum atomic E-state index is -0.671. The number of pyridine rings is 1. The zero-order chi connectivity index (χ0) is 26.3. The number of oxazole rings is 1. The molecular weight excluding hydrogens is 486 g/mol. The van der Waals surface area contributed by atoms with Gasteiger partial charge in [-0.2, -0.15) is 0 Å². The molecule has 0 aliphatic heterocycles. The second-order valence-corrected chi connectivity index (χ2v) is 8.69. The average Bonchev–Trinajstić information content (AvgIpc) is 3.40. The average molecular weight is 513 g/mol. The van der Waals surface area contributed by atoms with Crippen molar-refractivity contribution in [2.75, 3.05) is 0 Å². The summed E-state index contributed by atoms with van der Waals surface area (Å²) in [4.78, 5) is 8.89. The van der Waals surface area contributed by atoms with Gasteiger partial charge in [-0.05, 0) is 47.4 Å². The Balaban J connectivity index is 1.43. The highest BCUT2D eigenvalue weighted by atomic mass is 19.1. The molecule has 5 rings (SSSR count). The lowest BCUT2D eigenvalue weighted by molar-refractivity contribution is 0.103. The Bertz CT molecular complexity index is 1510. The van der Waals surface area contributed by atoms with Crippen LogP contribution >= 0.6 is 0 Å². The number of hydrogen-bond acceptors (Lipinski definition) is 5. The van der Waals surface area contributed by atoms with Crippen molar-refractivity contribution < 1.29 is 22.7 Å². The lowest BCUT2D eigenvalue weighted by Gasteiger charge is -2.14. The molecule has 0 radical (unpaired) electrons. The molecule has 0 aliphatic carbocycles. The van der Waals surface area contributed by atoms with E-state index in [9.17, 15) is 8.78 Å². The summed E-state index contributed by atoms with van der Waals surface area (Å²) in [6, 6.07) is 23.8. The Kier molecular flexibility index (Phi) is 7.85. The summed E-state index contributed by atoms with van der Waals surface area (Å²) in [5, 5.41) is 0.